The third-order valence-corrected chi connectivity index (χ3v) is 3.46. The molecule has 106 valence electrons. The molecule has 1 fully saturated rings. The maximum atomic E-state index is 12.4. The third-order valence-electron chi connectivity index (χ3n) is 3.46. The van der Waals surface area contributed by atoms with Crippen molar-refractivity contribution in [3.8, 4) is 0 Å². The predicted molar refractivity (Wildman–Crippen MR) is 76.7 cm³/mol. The molecule has 18 heavy (non-hydrogen) atoms. The van der Waals surface area contributed by atoms with Crippen LogP contribution in [0.2, 0.25) is 0 Å². The molecule has 1 saturated carbocycles. The Hall–Kier alpha value is -0.730. The van der Waals surface area contributed by atoms with Gasteiger partial charge >= 0.3 is 6.03 Å². The highest BCUT2D eigenvalue weighted by Gasteiger charge is 2.28. The van der Waals surface area contributed by atoms with Gasteiger partial charge in [-0.15, -0.1) is 0 Å². The molecular weight excluding hydrogens is 224 g/mol. The number of amides is 2. The number of nitrogens with zero attached hydrogens (tertiary/aromatic N) is 1. The van der Waals surface area contributed by atoms with Crippen molar-refractivity contribution in [2.45, 2.75) is 78.3 Å². The molecule has 2 amide bonds. The van der Waals surface area contributed by atoms with E-state index in [0.29, 0.717) is 12.0 Å². The first-order valence-electron chi connectivity index (χ1n) is 7.38. The Labute approximate surface area is 112 Å². The highest BCUT2D eigenvalue weighted by Crippen LogP contribution is 2.24. The zero-order valence-corrected chi connectivity index (χ0v) is 12.8. The third kappa shape index (κ3) is 5.28. The number of hydrogen-bond donors (Lipinski definition) is 1. The summed E-state index contributed by atoms with van der Waals surface area (Å²) in [5, 5.41) is 3.11. The van der Waals surface area contributed by atoms with Crippen LogP contribution < -0.4 is 5.32 Å². The van der Waals surface area contributed by atoms with Crippen molar-refractivity contribution in [3.63, 3.8) is 0 Å². The Kier molecular flexibility index (Phi) is 5.48. The molecule has 0 spiro atoms. The normalized spacial score (nSPS) is 17.2. The zero-order valence-electron chi connectivity index (χ0n) is 12.8. The van der Waals surface area contributed by atoms with Gasteiger partial charge in [0.2, 0.25) is 0 Å². The van der Waals surface area contributed by atoms with Crippen LogP contribution in [-0.4, -0.2) is 29.1 Å². The molecule has 3 nitrogen and oxygen atoms in total. The van der Waals surface area contributed by atoms with Gasteiger partial charge in [0, 0.05) is 18.1 Å². The quantitative estimate of drug-likeness (QED) is 0.813. The molecule has 0 aromatic heterocycles. The summed E-state index contributed by atoms with van der Waals surface area (Å²) >= 11 is 0. The van der Waals surface area contributed by atoms with Crippen LogP contribution in [0, 0.1) is 5.92 Å². The van der Waals surface area contributed by atoms with E-state index in [9.17, 15) is 4.79 Å². The second-order valence-electron chi connectivity index (χ2n) is 6.99. The van der Waals surface area contributed by atoms with Crippen LogP contribution in [0.1, 0.15) is 66.7 Å². The Balaban J connectivity index is 2.60. The average Bonchev–Trinajstić information content (AvgIpc) is 2.67. The molecule has 3 heteroatoms. The fourth-order valence-corrected chi connectivity index (χ4v) is 2.46. The molecule has 0 aliphatic heterocycles. The van der Waals surface area contributed by atoms with Gasteiger partial charge < -0.3 is 10.2 Å². The average molecular weight is 254 g/mol. The zero-order chi connectivity index (χ0) is 13.8. The number of urea groups is 1. The van der Waals surface area contributed by atoms with Gasteiger partial charge in [-0.25, -0.2) is 4.79 Å². The summed E-state index contributed by atoms with van der Waals surface area (Å²) < 4.78 is 0. The minimum Gasteiger partial charge on any atom is -0.333 e. The molecule has 1 rings (SSSR count). The second kappa shape index (κ2) is 6.44. The van der Waals surface area contributed by atoms with Crippen molar-refractivity contribution in [1.82, 2.24) is 10.2 Å². The first-order valence-corrected chi connectivity index (χ1v) is 7.38. The number of hydrogen-bond acceptors (Lipinski definition) is 1. The monoisotopic (exact) mass is 254 g/mol. The predicted octanol–water partition coefficient (Wildman–Crippen LogP) is 3.79. The number of carbonyl (C=O) groups excluding carboxylic acids is 1. The molecular formula is C15H30N2O. The standard InChI is InChI=1S/C15H30N2O/c1-12(2)10-11-17(13-8-6-7-9-13)14(18)16-15(3,4)5/h12-13H,6-11H2,1-5H3,(H,16,18). The highest BCUT2D eigenvalue weighted by molar-refractivity contribution is 5.75. The highest BCUT2D eigenvalue weighted by atomic mass is 16.2. The van der Waals surface area contributed by atoms with Crippen molar-refractivity contribution in [2.24, 2.45) is 5.92 Å². The second-order valence-corrected chi connectivity index (χ2v) is 6.99. The van der Waals surface area contributed by atoms with E-state index in [0.717, 1.165) is 13.0 Å². The number of rotatable bonds is 4. The molecule has 0 bridgehead atoms. The molecule has 0 aromatic rings. The smallest absolute Gasteiger partial charge is 0.318 e. The van der Waals surface area contributed by atoms with Crippen molar-refractivity contribution in [3.05, 3.63) is 0 Å². The first kappa shape index (κ1) is 15.3. The van der Waals surface area contributed by atoms with Crippen LogP contribution in [0.15, 0.2) is 0 Å². The Morgan fingerprint density at radius 2 is 1.83 bits per heavy atom. The molecule has 1 N–H and O–H groups in total. The van der Waals surface area contributed by atoms with Crippen molar-refractivity contribution < 1.29 is 4.79 Å². The molecule has 0 radical (unpaired) electrons. The number of nitrogens with one attached hydrogen (secondary N) is 1. The van der Waals surface area contributed by atoms with E-state index in [1.54, 1.807) is 0 Å². The van der Waals surface area contributed by atoms with E-state index in [2.05, 4.69) is 24.1 Å². The summed E-state index contributed by atoms with van der Waals surface area (Å²) in [4.78, 5) is 14.5. The summed E-state index contributed by atoms with van der Waals surface area (Å²) in [5.74, 6) is 0.649. The minimum atomic E-state index is -0.147. The van der Waals surface area contributed by atoms with Gasteiger partial charge in [-0.05, 0) is 46.0 Å². The Bertz CT molecular complexity index is 262. The van der Waals surface area contributed by atoms with Crippen molar-refractivity contribution in [2.75, 3.05) is 6.54 Å². The summed E-state index contributed by atoms with van der Waals surface area (Å²) in [6.45, 7) is 11.5. The maximum Gasteiger partial charge on any atom is 0.318 e. The Morgan fingerprint density at radius 3 is 2.28 bits per heavy atom. The van der Waals surface area contributed by atoms with Gasteiger partial charge in [0.15, 0.2) is 0 Å². The topological polar surface area (TPSA) is 32.3 Å². The Morgan fingerprint density at radius 1 is 1.28 bits per heavy atom. The van der Waals surface area contributed by atoms with Crippen molar-refractivity contribution >= 4 is 6.03 Å². The molecule has 0 unspecified atom stereocenters. The first-order chi connectivity index (χ1) is 8.29. The van der Waals surface area contributed by atoms with Crippen LogP contribution in [-0.2, 0) is 0 Å². The summed E-state index contributed by atoms with van der Waals surface area (Å²) in [7, 11) is 0. The van der Waals surface area contributed by atoms with Crippen molar-refractivity contribution in [1.29, 1.82) is 0 Å². The lowest BCUT2D eigenvalue weighted by Gasteiger charge is -2.33. The van der Waals surface area contributed by atoms with E-state index in [4.69, 9.17) is 0 Å². The van der Waals surface area contributed by atoms with Crippen LogP contribution in [0.25, 0.3) is 0 Å². The van der Waals surface area contributed by atoms with E-state index >= 15 is 0 Å². The SMILES string of the molecule is CC(C)CCN(C(=O)NC(C)(C)C)C1CCCC1. The molecule has 0 atom stereocenters. The molecule has 0 saturated heterocycles. The van der Waals surface area contributed by atoms with E-state index in [1.807, 2.05) is 20.8 Å². The summed E-state index contributed by atoms with van der Waals surface area (Å²) in [6.07, 6.45) is 5.98. The molecule has 0 heterocycles. The lowest BCUT2D eigenvalue weighted by atomic mass is 10.1. The van der Waals surface area contributed by atoms with Gasteiger partial charge in [0.05, 0.1) is 0 Å². The van der Waals surface area contributed by atoms with E-state index < -0.39 is 0 Å². The maximum absolute atomic E-state index is 12.4. The van der Waals surface area contributed by atoms with Gasteiger partial charge in [0.1, 0.15) is 0 Å². The molecule has 1 aliphatic rings. The molecule has 1 aliphatic carbocycles. The van der Waals surface area contributed by atoms with Gasteiger partial charge in [-0.1, -0.05) is 26.7 Å². The van der Waals surface area contributed by atoms with Crippen LogP contribution in [0.5, 0.6) is 0 Å². The van der Waals surface area contributed by atoms with Gasteiger partial charge in [0.25, 0.3) is 0 Å². The van der Waals surface area contributed by atoms with Crippen LogP contribution >= 0.6 is 0 Å². The van der Waals surface area contributed by atoms with Crippen LogP contribution in [0.3, 0.4) is 0 Å². The lowest BCUT2D eigenvalue weighted by Crippen LogP contribution is -2.51. The van der Waals surface area contributed by atoms with Gasteiger partial charge in [-0.2, -0.15) is 0 Å². The molecule has 0 aromatic carbocycles. The summed E-state index contributed by atoms with van der Waals surface area (Å²) in [6, 6.07) is 0.584. The minimum absolute atomic E-state index is 0.120. The van der Waals surface area contributed by atoms with E-state index in [1.165, 1.54) is 25.7 Å². The fourth-order valence-electron chi connectivity index (χ4n) is 2.46. The van der Waals surface area contributed by atoms with Gasteiger partial charge in [-0.3, -0.25) is 0 Å². The number of carbonyl (C=O) groups is 1. The largest absolute Gasteiger partial charge is 0.333 e. The fraction of sp³-hybridized carbons (Fsp3) is 0.933. The van der Waals surface area contributed by atoms with E-state index in [-0.39, 0.29) is 11.6 Å². The van der Waals surface area contributed by atoms with Crippen LogP contribution in [0.4, 0.5) is 4.79 Å². The lowest BCUT2D eigenvalue weighted by molar-refractivity contribution is 0.163. The summed E-state index contributed by atoms with van der Waals surface area (Å²) in [5.41, 5.74) is -0.147.